The molecule has 0 amide bonds. The Morgan fingerprint density at radius 1 is 1.55 bits per heavy atom. The topological polar surface area (TPSA) is 82.8 Å². The summed E-state index contributed by atoms with van der Waals surface area (Å²) in [4.78, 5) is 5.68. The Kier molecular flexibility index (Phi) is 3.21. The number of likely N-dealkylation sites (tertiary alicyclic amines) is 1. The number of piperidine rings is 1. The highest BCUT2D eigenvalue weighted by Gasteiger charge is 2.36. The van der Waals surface area contributed by atoms with Gasteiger partial charge in [-0.25, -0.2) is 4.68 Å². The van der Waals surface area contributed by atoms with Crippen molar-refractivity contribution in [2.75, 3.05) is 13.1 Å². The Bertz CT molecular complexity index is 727. The van der Waals surface area contributed by atoms with Gasteiger partial charge in [0.15, 0.2) is 0 Å². The van der Waals surface area contributed by atoms with Crippen LogP contribution in [0.25, 0.3) is 0 Å². The number of aromatic amines is 1. The molecule has 1 fully saturated rings. The van der Waals surface area contributed by atoms with Gasteiger partial charge in [-0.2, -0.15) is 5.26 Å². The summed E-state index contributed by atoms with van der Waals surface area (Å²) in [7, 11) is 0. The highest BCUT2D eigenvalue weighted by atomic mass is 16.5. The van der Waals surface area contributed by atoms with E-state index in [1.165, 1.54) is 0 Å². The minimum absolute atomic E-state index is 0.227. The summed E-state index contributed by atoms with van der Waals surface area (Å²) in [6.07, 6.45) is 3.00. The number of nitrogens with one attached hydrogen (secondary N) is 1. The summed E-state index contributed by atoms with van der Waals surface area (Å²) < 4.78 is 7.94. The number of rotatable bonds is 2. The van der Waals surface area contributed by atoms with Gasteiger partial charge in [0.25, 0.3) is 0 Å². The number of aromatic nitrogens is 4. The molecule has 1 N–H and O–H groups in total. The number of aryl methyl sites for hydroxylation is 1. The van der Waals surface area contributed by atoms with Crippen LogP contribution in [0.4, 0.5) is 0 Å². The first-order valence-electron chi connectivity index (χ1n) is 7.56. The van der Waals surface area contributed by atoms with E-state index in [1.807, 2.05) is 17.7 Å². The first kappa shape index (κ1) is 13.5. The van der Waals surface area contributed by atoms with Crippen molar-refractivity contribution in [1.29, 1.82) is 5.26 Å². The van der Waals surface area contributed by atoms with Crippen molar-refractivity contribution in [1.82, 2.24) is 24.9 Å². The molecule has 2 aliphatic rings. The number of hydrogen-bond acceptors (Lipinski definition) is 5. The monoisotopic (exact) mass is 298 g/mol. The summed E-state index contributed by atoms with van der Waals surface area (Å²) in [5.74, 6) is 0. The zero-order valence-corrected chi connectivity index (χ0v) is 12.5. The molecule has 114 valence electrons. The number of fused-ring (bicyclic) bond motifs is 3. The van der Waals surface area contributed by atoms with Crippen LogP contribution in [0.5, 0.6) is 0 Å². The lowest BCUT2D eigenvalue weighted by Gasteiger charge is -2.40. The van der Waals surface area contributed by atoms with Crippen LogP contribution in [0, 0.1) is 18.3 Å². The fourth-order valence-electron chi connectivity index (χ4n) is 3.46. The van der Waals surface area contributed by atoms with E-state index in [0.717, 1.165) is 48.7 Å². The molecule has 2 atom stereocenters. The second-order valence-electron chi connectivity index (χ2n) is 6.06. The van der Waals surface area contributed by atoms with Crippen LogP contribution in [-0.2, 0) is 17.9 Å². The number of nitriles is 1. The van der Waals surface area contributed by atoms with E-state index in [-0.39, 0.29) is 12.1 Å². The maximum atomic E-state index is 9.06. The zero-order valence-electron chi connectivity index (χ0n) is 12.5. The van der Waals surface area contributed by atoms with Crippen molar-refractivity contribution in [3.05, 3.63) is 34.9 Å². The largest absolute Gasteiger partial charge is 0.370 e. The van der Waals surface area contributed by atoms with Crippen molar-refractivity contribution < 1.29 is 4.74 Å². The molecule has 0 saturated carbocycles. The molecule has 2 aliphatic heterocycles. The Morgan fingerprint density at radius 2 is 2.45 bits per heavy atom. The number of hydrogen-bond donors (Lipinski definition) is 1. The van der Waals surface area contributed by atoms with Gasteiger partial charge in [0, 0.05) is 31.0 Å². The van der Waals surface area contributed by atoms with E-state index in [0.29, 0.717) is 6.61 Å². The quantitative estimate of drug-likeness (QED) is 0.898. The van der Waals surface area contributed by atoms with Gasteiger partial charge in [0.2, 0.25) is 0 Å². The van der Waals surface area contributed by atoms with Crippen LogP contribution in [0.15, 0.2) is 12.3 Å². The SMILES string of the molecule is Cc1[nH]c(CN2CC[C@@H]3OCc4cnnn4[C@H]3C2)cc1C#N. The van der Waals surface area contributed by atoms with E-state index in [1.54, 1.807) is 6.20 Å². The molecular formula is C15H18N6O. The molecule has 22 heavy (non-hydrogen) atoms. The predicted octanol–water partition coefficient (Wildman–Crippen LogP) is 1.13. The Hall–Kier alpha value is -2.17. The van der Waals surface area contributed by atoms with Crippen molar-refractivity contribution in [2.45, 2.75) is 38.6 Å². The average Bonchev–Trinajstić information content (AvgIpc) is 3.13. The second kappa shape index (κ2) is 5.23. The van der Waals surface area contributed by atoms with E-state index in [9.17, 15) is 0 Å². The molecule has 0 bridgehead atoms. The van der Waals surface area contributed by atoms with Crippen LogP contribution in [0.2, 0.25) is 0 Å². The summed E-state index contributed by atoms with van der Waals surface area (Å²) in [5, 5.41) is 17.3. The van der Waals surface area contributed by atoms with Gasteiger partial charge < -0.3 is 9.72 Å². The summed E-state index contributed by atoms with van der Waals surface area (Å²) in [5.41, 5.74) is 3.80. The average molecular weight is 298 g/mol. The minimum Gasteiger partial charge on any atom is -0.370 e. The van der Waals surface area contributed by atoms with E-state index >= 15 is 0 Å². The molecular weight excluding hydrogens is 280 g/mol. The highest BCUT2D eigenvalue weighted by Crippen LogP contribution is 2.30. The van der Waals surface area contributed by atoms with E-state index in [4.69, 9.17) is 10.00 Å². The van der Waals surface area contributed by atoms with Crippen LogP contribution >= 0.6 is 0 Å². The summed E-state index contributed by atoms with van der Waals surface area (Å²) in [6, 6.07) is 4.39. The third-order valence-corrected chi connectivity index (χ3v) is 4.60. The van der Waals surface area contributed by atoms with Crippen molar-refractivity contribution in [3.63, 3.8) is 0 Å². The first-order chi connectivity index (χ1) is 10.7. The third kappa shape index (κ3) is 2.21. The summed E-state index contributed by atoms with van der Waals surface area (Å²) >= 11 is 0. The standard InChI is InChI=1S/C15H18N6O/c1-10-11(5-16)4-12(18-10)7-20-3-2-15-14(8-20)21-13(9-22-15)6-17-19-21/h4,6,14-15,18H,2-3,7-9H2,1H3/t14-,15-/m0/s1. The smallest absolute Gasteiger partial charge is 0.101 e. The van der Waals surface area contributed by atoms with Crippen LogP contribution in [0.1, 0.15) is 35.1 Å². The molecule has 7 heteroatoms. The molecule has 0 aliphatic carbocycles. The Balaban J connectivity index is 1.50. The van der Waals surface area contributed by atoms with Crippen molar-refractivity contribution in [3.8, 4) is 6.07 Å². The predicted molar refractivity (Wildman–Crippen MR) is 77.8 cm³/mol. The molecule has 0 unspecified atom stereocenters. The number of H-pyrrole nitrogens is 1. The molecule has 4 rings (SSSR count). The lowest BCUT2D eigenvalue weighted by atomic mass is 10.0. The molecule has 0 aromatic carbocycles. The molecule has 7 nitrogen and oxygen atoms in total. The molecule has 4 heterocycles. The summed E-state index contributed by atoms with van der Waals surface area (Å²) in [6.45, 7) is 5.24. The highest BCUT2D eigenvalue weighted by molar-refractivity contribution is 5.35. The van der Waals surface area contributed by atoms with Gasteiger partial charge >= 0.3 is 0 Å². The fraction of sp³-hybridized carbons (Fsp3) is 0.533. The second-order valence-corrected chi connectivity index (χ2v) is 6.06. The van der Waals surface area contributed by atoms with Gasteiger partial charge in [-0.3, -0.25) is 4.90 Å². The Labute approximate surface area is 128 Å². The first-order valence-corrected chi connectivity index (χ1v) is 7.56. The fourth-order valence-corrected chi connectivity index (χ4v) is 3.46. The normalized spacial score (nSPS) is 24.5. The van der Waals surface area contributed by atoms with E-state index < -0.39 is 0 Å². The maximum Gasteiger partial charge on any atom is 0.101 e. The van der Waals surface area contributed by atoms with Crippen molar-refractivity contribution >= 4 is 0 Å². The maximum absolute atomic E-state index is 9.06. The lowest BCUT2D eigenvalue weighted by Crippen LogP contribution is -2.47. The van der Waals surface area contributed by atoms with Crippen molar-refractivity contribution in [2.24, 2.45) is 0 Å². The molecule has 0 spiro atoms. The molecule has 1 saturated heterocycles. The van der Waals surface area contributed by atoms with Gasteiger partial charge in [0.05, 0.1) is 36.2 Å². The van der Waals surface area contributed by atoms with Crippen LogP contribution in [-0.4, -0.2) is 44.1 Å². The van der Waals surface area contributed by atoms with Crippen LogP contribution in [0.3, 0.4) is 0 Å². The number of ether oxygens (including phenoxy) is 1. The van der Waals surface area contributed by atoms with Gasteiger partial charge in [-0.15, -0.1) is 5.10 Å². The van der Waals surface area contributed by atoms with Gasteiger partial charge in [-0.1, -0.05) is 5.21 Å². The van der Waals surface area contributed by atoms with Crippen LogP contribution < -0.4 is 0 Å². The molecule has 2 aromatic heterocycles. The lowest BCUT2D eigenvalue weighted by molar-refractivity contribution is -0.0671. The third-order valence-electron chi connectivity index (χ3n) is 4.60. The van der Waals surface area contributed by atoms with E-state index in [2.05, 4.69) is 26.3 Å². The van der Waals surface area contributed by atoms with Gasteiger partial charge in [-0.05, 0) is 19.4 Å². The molecule has 0 radical (unpaired) electrons. The minimum atomic E-state index is 0.227. The Morgan fingerprint density at radius 3 is 3.27 bits per heavy atom. The zero-order chi connectivity index (χ0) is 15.1. The molecule has 2 aromatic rings. The number of nitrogens with zero attached hydrogens (tertiary/aromatic N) is 5. The van der Waals surface area contributed by atoms with Gasteiger partial charge in [0.1, 0.15) is 6.07 Å².